The minimum absolute atomic E-state index is 0. The summed E-state index contributed by atoms with van der Waals surface area (Å²) < 4.78 is 1.63. The Morgan fingerprint density at radius 1 is 1.18 bits per heavy atom. The number of carbonyl (C=O) groups is 2. The molecule has 0 aliphatic carbocycles. The average Bonchev–Trinajstić information content (AvgIpc) is 2.48. The topological polar surface area (TPSA) is 76.1 Å². The predicted octanol–water partition coefficient (Wildman–Crippen LogP) is -2.05. The Labute approximate surface area is 135 Å². The number of nitrogens with two attached hydrogens (primary N) is 1. The van der Waals surface area contributed by atoms with Crippen LogP contribution in [0.5, 0.6) is 0 Å². The van der Waals surface area contributed by atoms with E-state index < -0.39 is 5.91 Å². The molecular formula is C16H18ClN3O2. The first-order valence-corrected chi connectivity index (χ1v) is 6.69. The smallest absolute Gasteiger partial charge is 0.286 e. The molecule has 2 aromatic rings. The van der Waals surface area contributed by atoms with Crippen molar-refractivity contribution < 1.29 is 26.6 Å². The van der Waals surface area contributed by atoms with Crippen LogP contribution in [0.25, 0.3) is 0 Å². The third kappa shape index (κ3) is 4.86. The molecule has 5 nitrogen and oxygen atoms in total. The second-order valence-electron chi connectivity index (χ2n) is 4.83. The van der Waals surface area contributed by atoms with Crippen molar-refractivity contribution in [3.63, 3.8) is 0 Å². The van der Waals surface area contributed by atoms with Gasteiger partial charge in [-0.05, 0) is 18.6 Å². The number of rotatable bonds is 5. The molecule has 0 saturated heterocycles. The molecule has 3 N–H and O–H groups in total. The van der Waals surface area contributed by atoms with Crippen molar-refractivity contribution in [1.29, 1.82) is 0 Å². The standard InChI is InChI=1S/C16H17N3O2.ClH/c1-12(13-6-3-2-4-7-13)18-15(20)11-19-9-5-8-14(10-19)16(17)21;/h2-10,12H,11H2,1H3,(H2-,17,18,20,21);1H. The van der Waals surface area contributed by atoms with E-state index in [9.17, 15) is 9.59 Å². The number of hydrogen-bond donors (Lipinski definition) is 2. The maximum Gasteiger partial charge on any atom is 0.286 e. The number of nitrogens with one attached hydrogen (secondary N) is 1. The van der Waals surface area contributed by atoms with Gasteiger partial charge in [-0.25, -0.2) is 0 Å². The Hall–Kier alpha value is -2.40. The van der Waals surface area contributed by atoms with Crippen molar-refractivity contribution in [1.82, 2.24) is 5.32 Å². The lowest BCUT2D eigenvalue weighted by atomic mass is 10.1. The van der Waals surface area contributed by atoms with Crippen LogP contribution in [0.2, 0.25) is 0 Å². The van der Waals surface area contributed by atoms with E-state index in [1.165, 1.54) is 0 Å². The molecule has 0 radical (unpaired) electrons. The first kappa shape index (κ1) is 17.7. The molecule has 2 rings (SSSR count). The average molecular weight is 320 g/mol. The number of primary amides is 1. The molecule has 22 heavy (non-hydrogen) atoms. The number of amides is 2. The third-order valence-electron chi connectivity index (χ3n) is 3.15. The fourth-order valence-corrected chi connectivity index (χ4v) is 2.04. The molecule has 0 aliphatic rings. The maximum absolute atomic E-state index is 12.0. The summed E-state index contributed by atoms with van der Waals surface area (Å²) in [7, 11) is 0. The van der Waals surface area contributed by atoms with Gasteiger partial charge in [-0.1, -0.05) is 30.3 Å². The second-order valence-corrected chi connectivity index (χ2v) is 4.83. The highest BCUT2D eigenvalue weighted by atomic mass is 35.5. The van der Waals surface area contributed by atoms with E-state index in [2.05, 4.69) is 5.32 Å². The molecule has 1 atom stereocenters. The molecule has 0 saturated carbocycles. The Morgan fingerprint density at radius 2 is 1.86 bits per heavy atom. The molecule has 116 valence electrons. The van der Waals surface area contributed by atoms with Gasteiger partial charge in [-0.3, -0.25) is 9.59 Å². The van der Waals surface area contributed by atoms with Crippen LogP contribution >= 0.6 is 0 Å². The van der Waals surface area contributed by atoms with E-state index in [1.54, 1.807) is 29.1 Å². The highest BCUT2D eigenvalue weighted by molar-refractivity contribution is 5.92. The summed E-state index contributed by atoms with van der Waals surface area (Å²) in [5, 5.41) is 2.92. The van der Waals surface area contributed by atoms with Gasteiger partial charge in [0.05, 0.1) is 6.04 Å². The van der Waals surface area contributed by atoms with Gasteiger partial charge in [0.15, 0.2) is 12.4 Å². The quantitative estimate of drug-likeness (QED) is 0.623. The van der Waals surface area contributed by atoms with Crippen LogP contribution in [0.1, 0.15) is 28.9 Å². The molecular weight excluding hydrogens is 302 g/mol. The summed E-state index contributed by atoms with van der Waals surface area (Å²) in [5.74, 6) is -0.639. The van der Waals surface area contributed by atoms with Gasteiger partial charge >= 0.3 is 0 Å². The third-order valence-corrected chi connectivity index (χ3v) is 3.15. The molecule has 1 aromatic carbocycles. The molecule has 1 unspecified atom stereocenters. The first-order chi connectivity index (χ1) is 10.1. The van der Waals surface area contributed by atoms with Crippen LogP contribution in [0.4, 0.5) is 0 Å². The first-order valence-electron chi connectivity index (χ1n) is 6.69. The number of aromatic nitrogens is 1. The lowest BCUT2D eigenvalue weighted by molar-refractivity contribution is -0.684. The van der Waals surface area contributed by atoms with Gasteiger partial charge < -0.3 is 23.5 Å². The largest absolute Gasteiger partial charge is 1.00 e. The highest BCUT2D eigenvalue weighted by Gasteiger charge is 2.14. The maximum atomic E-state index is 12.0. The van der Waals surface area contributed by atoms with Gasteiger partial charge in [0, 0.05) is 6.07 Å². The fraction of sp³-hybridized carbons (Fsp3) is 0.188. The molecule has 0 fully saturated rings. The van der Waals surface area contributed by atoms with Crippen LogP contribution in [-0.2, 0) is 11.3 Å². The van der Waals surface area contributed by atoms with Crippen LogP contribution in [0, 0.1) is 0 Å². The van der Waals surface area contributed by atoms with Gasteiger partial charge in [-0.15, -0.1) is 0 Å². The molecule has 1 heterocycles. The SMILES string of the molecule is CC(NC(=O)C[n+]1cccc(C(N)=O)c1)c1ccccc1.[Cl-]. The van der Waals surface area contributed by atoms with Crippen LogP contribution in [0.3, 0.4) is 0 Å². The summed E-state index contributed by atoms with van der Waals surface area (Å²) >= 11 is 0. The Morgan fingerprint density at radius 3 is 2.50 bits per heavy atom. The van der Waals surface area contributed by atoms with E-state index in [-0.39, 0.29) is 30.9 Å². The number of pyridine rings is 1. The van der Waals surface area contributed by atoms with E-state index >= 15 is 0 Å². The lowest BCUT2D eigenvalue weighted by Gasteiger charge is -2.12. The monoisotopic (exact) mass is 319 g/mol. The number of carbonyl (C=O) groups excluding carboxylic acids is 2. The number of nitrogens with zero attached hydrogens (tertiary/aromatic N) is 1. The van der Waals surface area contributed by atoms with Crippen molar-refractivity contribution in [3.05, 3.63) is 66.0 Å². The highest BCUT2D eigenvalue weighted by Crippen LogP contribution is 2.10. The van der Waals surface area contributed by atoms with E-state index in [0.717, 1.165) is 5.56 Å². The molecule has 0 aliphatic heterocycles. The zero-order chi connectivity index (χ0) is 15.2. The normalized spacial score (nSPS) is 11.1. The molecule has 2 amide bonds. The van der Waals surface area contributed by atoms with Crippen molar-refractivity contribution in [2.45, 2.75) is 19.5 Å². The summed E-state index contributed by atoms with van der Waals surface area (Å²) in [6.45, 7) is 2.07. The lowest BCUT2D eigenvalue weighted by Crippen LogP contribution is -3.00. The number of halogens is 1. The summed E-state index contributed by atoms with van der Waals surface area (Å²) in [5.41, 5.74) is 6.64. The van der Waals surface area contributed by atoms with E-state index in [0.29, 0.717) is 5.56 Å². The fourth-order valence-electron chi connectivity index (χ4n) is 2.04. The Balaban J connectivity index is 0.00000242. The van der Waals surface area contributed by atoms with Crippen LogP contribution in [0.15, 0.2) is 54.9 Å². The molecule has 0 bridgehead atoms. The van der Waals surface area contributed by atoms with Gasteiger partial charge in [0.2, 0.25) is 6.54 Å². The predicted molar refractivity (Wildman–Crippen MR) is 78.2 cm³/mol. The molecule has 1 aromatic heterocycles. The van der Waals surface area contributed by atoms with E-state index in [4.69, 9.17) is 5.73 Å². The number of hydrogen-bond acceptors (Lipinski definition) is 2. The van der Waals surface area contributed by atoms with Gasteiger partial charge in [0.1, 0.15) is 5.56 Å². The van der Waals surface area contributed by atoms with Crippen LogP contribution in [-0.4, -0.2) is 11.8 Å². The number of benzene rings is 1. The summed E-state index contributed by atoms with van der Waals surface area (Å²) in [6, 6.07) is 13.0. The molecule has 0 spiro atoms. The van der Waals surface area contributed by atoms with Gasteiger partial charge in [0.25, 0.3) is 11.8 Å². The van der Waals surface area contributed by atoms with E-state index in [1.807, 2.05) is 37.3 Å². The zero-order valence-electron chi connectivity index (χ0n) is 12.2. The van der Waals surface area contributed by atoms with Crippen LogP contribution < -0.4 is 28.0 Å². The van der Waals surface area contributed by atoms with Crippen molar-refractivity contribution in [2.24, 2.45) is 5.73 Å². The zero-order valence-corrected chi connectivity index (χ0v) is 13.0. The summed E-state index contributed by atoms with van der Waals surface area (Å²) in [4.78, 5) is 23.1. The molecule has 6 heteroatoms. The summed E-state index contributed by atoms with van der Waals surface area (Å²) in [6.07, 6.45) is 3.29. The van der Waals surface area contributed by atoms with Crippen molar-refractivity contribution >= 4 is 11.8 Å². The minimum Gasteiger partial charge on any atom is -1.00 e. The Kier molecular flexibility index (Phi) is 6.53. The Bertz CT molecular complexity index is 647. The minimum atomic E-state index is -0.512. The van der Waals surface area contributed by atoms with Gasteiger partial charge in [-0.2, -0.15) is 4.57 Å². The second kappa shape index (κ2) is 8.14. The van der Waals surface area contributed by atoms with Crippen molar-refractivity contribution in [2.75, 3.05) is 0 Å². The van der Waals surface area contributed by atoms with Crippen molar-refractivity contribution in [3.8, 4) is 0 Å².